The van der Waals surface area contributed by atoms with Crippen molar-refractivity contribution < 1.29 is 4.79 Å². The standard InChI is InChI=1S/C14H15N3O/c1-11-4-3-5-12(8-11)9-17(2)14(18)13-6-7-15-10-16-13/h3-8,10H,9H2,1-2H3. The first kappa shape index (κ1) is 12.2. The van der Waals surface area contributed by atoms with Gasteiger partial charge in [-0.2, -0.15) is 0 Å². The van der Waals surface area contributed by atoms with Gasteiger partial charge in [0.25, 0.3) is 5.91 Å². The molecule has 0 saturated carbocycles. The molecule has 0 radical (unpaired) electrons. The van der Waals surface area contributed by atoms with Gasteiger partial charge in [-0.15, -0.1) is 0 Å². The number of aryl methyl sites for hydroxylation is 1. The lowest BCUT2D eigenvalue weighted by atomic mass is 10.1. The van der Waals surface area contributed by atoms with Crippen molar-refractivity contribution in [3.05, 3.63) is 59.7 Å². The number of benzene rings is 1. The van der Waals surface area contributed by atoms with Gasteiger partial charge in [0.1, 0.15) is 12.0 Å². The SMILES string of the molecule is Cc1cccc(CN(C)C(=O)c2ccncn2)c1. The van der Waals surface area contributed by atoms with Crippen molar-refractivity contribution in [2.75, 3.05) is 7.05 Å². The number of amides is 1. The summed E-state index contributed by atoms with van der Waals surface area (Å²) in [6.07, 6.45) is 2.95. The highest BCUT2D eigenvalue weighted by molar-refractivity contribution is 5.91. The molecule has 0 spiro atoms. The maximum atomic E-state index is 12.1. The molecule has 4 heteroatoms. The number of nitrogens with zero attached hydrogens (tertiary/aromatic N) is 3. The fourth-order valence-corrected chi connectivity index (χ4v) is 1.77. The lowest BCUT2D eigenvalue weighted by Gasteiger charge is -2.16. The molecule has 4 nitrogen and oxygen atoms in total. The van der Waals surface area contributed by atoms with E-state index in [2.05, 4.69) is 16.0 Å². The summed E-state index contributed by atoms with van der Waals surface area (Å²) in [5, 5.41) is 0. The Morgan fingerprint density at radius 3 is 2.83 bits per heavy atom. The number of aromatic nitrogens is 2. The molecule has 0 saturated heterocycles. The van der Waals surface area contributed by atoms with Gasteiger partial charge in [0.2, 0.25) is 0 Å². The lowest BCUT2D eigenvalue weighted by Crippen LogP contribution is -2.27. The monoisotopic (exact) mass is 241 g/mol. The van der Waals surface area contributed by atoms with Crippen LogP contribution in [0.3, 0.4) is 0 Å². The van der Waals surface area contributed by atoms with Gasteiger partial charge >= 0.3 is 0 Å². The van der Waals surface area contributed by atoms with Crippen LogP contribution in [0.15, 0.2) is 42.9 Å². The molecule has 0 bridgehead atoms. The van der Waals surface area contributed by atoms with Gasteiger partial charge in [0.15, 0.2) is 0 Å². The van der Waals surface area contributed by atoms with Gasteiger partial charge in [0.05, 0.1) is 0 Å². The van der Waals surface area contributed by atoms with Crippen LogP contribution < -0.4 is 0 Å². The summed E-state index contributed by atoms with van der Waals surface area (Å²) in [5.74, 6) is -0.0982. The molecule has 1 amide bonds. The average Bonchev–Trinajstić information content (AvgIpc) is 2.39. The molecular formula is C14H15N3O. The van der Waals surface area contributed by atoms with E-state index in [1.54, 1.807) is 24.2 Å². The highest BCUT2D eigenvalue weighted by Crippen LogP contribution is 2.08. The summed E-state index contributed by atoms with van der Waals surface area (Å²) < 4.78 is 0. The second-order valence-electron chi connectivity index (χ2n) is 4.24. The summed E-state index contributed by atoms with van der Waals surface area (Å²) in [6, 6.07) is 9.74. The highest BCUT2D eigenvalue weighted by atomic mass is 16.2. The number of hydrogen-bond donors (Lipinski definition) is 0. The van der Waals surface area contributed by atoms with E-state index < -0.39 is 0 Å². The maximum absolute atomic E-state index is 12.1. The van der Waals surface area contributed by atoms with Gasteiger partial charge in [0, 0.05) is 19.8 Å². The maximum Gasteiger partial charge on any atom is 0.272 e. The Kier molecular flexibility index (Phi) is 3.67. The summed E-state index contributed by atoms with van der Waals surface area (Å²) in [5.41, 5.74) is 2.72. The Hall–Kier alpha value is -2.23. The Labute approximate surface area is 106 Å². The first-order valence-electron chi connectivity index (χ1n) is 5.74. The number of carbonyl (C=O) groups is 1. The first-order chi connectivity index (χ1) is 8.66. The molecule has 1 heterocycles. The van der Waals surface area contributed by atoms with Gasteiger partial charge < -0.3 is 4.90 Å². The quantitative estimate of drug-likeness (QED) is 0.826. The first-order valence-corrected chi connectivity index (χ1v) is 5.74. The predicted octanol–water partition coefficient (Wildman–Crippen LogP) is 2.06. The zero-order valence-corrected chi connectivity index (χ0v) is 10.5. The molecular weight excluding hydrogens is 226 g/mol. The largest absolute Gasteiger partial charge is 0.336 e. The van der Waals surface area contributed by atoms with Crippen LogP contribution in [0.2, 0.25) is 0 Å². The average molecular weight is 241 g/mol. The third kappa shape index (κ3) is 2.91. The lowest BCUT2D eigenvalue weighted by molar-refractivity contribution is 0.0779. The van der Waals surface area contributed by atoms with E-state index in [0.29, 0.717) is 12.2 Å². The van der Waals surface area contributed by atoms with E-state index in [1.165, 1.54) is 11.9 Å². The molecule has 92 valence electrons. The van der Waals surface area contributed by atoms with Crippen LogP contribution in [0.4, 0.5) is 0 Å². The summed E-state index contributed by atoms with van der Waals surface area (Å²) >= 11 is 0. The highest BCUT2D eigenvalue weighted by Gasteiger charge is 2.12. The third-order valence-electron chi connectivity index (χ3n) is 2.65. The smallest absolute Gasteiger partial charge is 0.272 e. The zero-order valence-electron chi connectivity index (χ0n) is 10.5. The number of carbonyl (C=O) groups excluding carboxylic acids is 1. The van der Waals surface area contributed by atoms with Crippen LogP contribution >= 0.6 is 0 Å². The normalized spacial score (nSPS) is 10.1. The molecule has 1 aromatic heterocycles. The van der Waals surface area contributed by atoms with Gasteiger partial charge in [-0.05, 0) is 18.6 Å². The molecule has 0 N–H and O–H groups in total. The van der Waals surface area contributed by atoms with Crippen LogP contribution in [0, 0.1) is 6.92 Å². The van der Waals surface area contributed by atoms with E-state index in [-0.39, 0.29) is 5.91 Å². The van der Waals surface area contributed by atoms with Crippen LogP contribution in [-0.4, -0.2) is 27.8 Å². The molecule has 2 aromatic rings. The van der Waals surface area contributed by atoms with Crippen molar-refractivity contribution in [2.24, 2.45) is 0 Å². The second kappa shape index (κ2) is 5.40. The van der Waals surface area contributed by atoms with Crippen molar-refractivity contribution in [3.8, 4) is 0 Å². The van der Waals surface area contributed by atoms with Crippen LogP contribution in [0.5, 0.6) is 0 Å². The molecule has 0 aliphatic rings. The minimum atomic E-state index is -0.0982. The van der Waals surface area contributed by atoms with Crippen molar-refractivity contribution in [1.82, 2.24) is 14.9 Å². The summed E-state index contributed by atoms with van der Waals surface area (Å²) in [6.45, 7) is 2.61. The molecule has 0 aliphatic carbocycles. The topological polar surface area (TPSA) is 46.1 Å². The molecule has 18 heavy (non-hydrogen) atoms. The zero-order chi connectivity index (χ0) is 13.0. The number of rotatable bonds is 3. The minimum absolute atomic E-state index is 0.0982. The van der Waals surface area contributed by atoms with Crippen molar-refractivity contribution in [2.45, 2.75) is 13.5 Å². The van der Waals surface area contributed by atoms with Crippen LogP contribution in [0.25, 0.3) is 0 Å². The van der Waals surface area contributed by atoms with Crippen LogP contribution in [-0.2, 0) is 6.54 Å². The minimum Gasteiger partial charge on any atom is -0.336 e. The van der Waals surface area contributed by atoms with Gasteiger partial charge in [-0.1, -0.05) is 29.8 Å². The van der Waals surface area contributed by atoms with Gasteiger partial charge in [-0.3, -0.25) is 4.79 Å². The molecule has 1 aromatic carbocycles. The Morgan fingerprint density at radius 2 is 2.17 bits per heavy atom. The van der Waals surface area contributed by atoms with E-state index >= 15 is 0 Å². The van der Waals surface area contributed by atoms with E-state index in [0.717, 1.165) is 5.56 Å². The third-order valence-corrected chi connectivity index (χ3v) is 2.65. The molecule has 0 atom stereocenters. The van der Waals surface area contributed by atoms with E-state index in [4.69, 9.17) is 0 Å². The molecule has 0 unspecified atom stereocenters. The van der Waals surface area contributed by atoms with Gasteiger partial charge in [-0.25, -0.2) is 9.97 Å². The second-order valence-corrected chi connectivity index (χ2v) is 4.24. The van der Waals surface area contributed by atoms with Crippen LogP contribution in [0.1, 0.15) is 21.6 Å². The molecule has 0 aliphatic heterocycles. The Morgan fingerprint density at radius 1 is 1.33 bits per heavy atom. The molecule has 0 fully saturated rings. The summed E-state index contributed by atoms with van der Waals surface area (Å²) in [4.78, 5) is 21.5. The Balaban J connectivity index is 2.09. The Bertz CT molecular complexity index is 540. The fraction of sp³-hybridized carbons (Fsp3) is 0.214. The van der Waals surface area contributed by atoms with Crippen molar-refractivity contribution in [1.29, 1.82) is 0 Å². The van der Waals surface area contributed by atoms with Crippen molar-refractivity contribution in [3.63, 3.8) is 0 Å². The van der Waals surface area contributed by atoms with Crippen molar-refractivity contribution >= 4 is 5.91 Å². The molecule has 2 rings (SSSR count). The fourth-order valence-electron chi connectivity index (χ4n) is 1.77. The summed E-state index contributed by atoms with van der Waals surface area (Å²) in [7, 11) is 1.77. The van der Waals surface area contributed by atoms with E-state index in [9.17, 15) is 4.79 Å². The van der Waals surface area contributed by atoms with E-state index in [1.807, 2.05) is 25.1 Å². The predicted molar refractivity (Wildman–Crippen MR) is 69.0 cm³/mol. The number of hydrogen-bond acceptors (Lipinski definition) is 3.